The number of amides is 3. The van der Waals surface area contributed by atoms with E-state index in [9.17, 15) is 9.59 Å². The predicted molar refractivity (Wildman–Crippen MR) is 101 cm³/mol. The van der Waals surface area contributed by atoms with Crippen LogP contribution in [0.4, 0.5) is 4.79 Å². The fourth-order valence-electron chi connectivity index (χ4n) is 3.53. The zero-order valence-corrected chi connectivity index (χ0v) is 15.5. The number of hydrogen-bond acceptors (Lipinski definition) is 6. The molecule has 3 heterocycles. The van der Waals surface area contributed by atoms with Gasteiger partial charge in [-0.3, -0.25) is 9.69 Å². The Balaban J connectivity index is 1.39. The molecule has 1 N–H and O–H groups in total. The summed E-state index contributed by atoms with van der Waals surface area (Å²) >= 11 is 0. The van der Waals surface area contributed by atoms with Crippen molar-refractivity contribution in [3.05, 3.63) is 65.9 Å². The highest BCUT2D eigenvalue weighted by atomic mass is 16.7. The van der Waals surface area contributed by atoms with Gasteiger partial charge in [-0.2, -0.15) is 0 Å². The van der Waals surface area contributed by atoms with Gasteiger partial charge in [0.15, 0.2) is 17.3 Å². The molecule has 0 aliphatic carbocycles. The Labute approximate surface area is 166 Å². The first-order valence-electron chi connectivity index (χ1n) is 9.10. The van der Waals surface area contributed by atoms with E-state index in [1.165, 1.54) is 0 Å². The Kier molecular flexibility index (Phi) is 3.80. The molecule has 1 atom stereocenters. The van der Waals surface area contributed by atoms with Crippen molar-refractivity contribution in [3.63, 3.8) is 0 Å². The lowest BCUT2D eigenvalue weighted by molar-refractivity contribution is -0.131. The van der Waals surface area contributed by atoms with Crippen LogP contribution in [0.3, 0.4) is 0 Å². The minimum atomic E-state index is -1.20. The number of carbonyl (C=O) groups is 2. The van der Waals surface area contributed by atoms with Gasteiger partial charge >= 0.3 is 6.03 Å². The summed E-state index contributed by atoms with van der Waals surface area (Å²) in [6.07, 6.45) is 0. The second kappa shape index (κ2) is 6.37. The van der Waals surface area contributed by atoms with Crippen LogP contribution in [-0.2, 0) is 16.9 Å². The average Bonchev–Trinajstić information content (AvgIpc) is 3.44. The lowest BCUT2D eigenvalue weighted by Gasteiger charge is -2.22. The molecular formula is C21H17N3O5. The van der Waals surface area contributed by atoms with Crippen LogP contribution in [0, 0.1) is 0 Å². The van der Waals surface area contributed by atoms with Gasteiger partial charge < -0.3 is 19.3 Å². The van der Waals surface area contributed by atoms with Crippen molar-refractivity contribution in [3.8, 4) is 22.8 Å². The Morgan fingerprint density at radius 2 is 1.86 bits per heavy atom. The summed E-state index contributed by atoms with van der Waals surface area (Å²) in [7, 11) is 0. The second-order valence-electron chi connectivity index (χ2n) is 7.06. The minimum Gasteiger partial charge on any atom is -0.454 e. The zero-order valence-electron chi connectivity index (χ0n) is 15.5. The first-order chi connectivity index (χ1) is 14.0. The van der Waals surface area contributed by atoms with Gasteiger partial charge in [0.05, 0.1) is 6.54 Å². The first kappa shape index (κ1) is 17.3. The van der Waals surface area contributed by atoms with Gasteiger partial charge in [-0.05, 0) is 24.6 Å². The van der Waals surface area contributed by atoms with Crippen LogP contribution in [0.5, 0.6) is 11.5 Å². The maximum absolute atomic E-state index is 13.1. The summed E-state index contributed by atoms with van der Waals surface area (Å²) in [6, 6.07) is 15.9. The number of hydrogen-bond donors (Lipinski definition) is 1. The van der Waals surface area contributed by atoms with E-state index in [0.717, 1.165) is 10.5 Å². The van der Waals surface area contributed by atoms with Crippen molar-refractivity contribution in [2.24, 2.45) is 0 Å². The molecule has 0 bridgehead atoms. The zero-order chi connectivity index (χ0) is 20.0. The Morgan fingerprint density at radius 3 is 2.69 bits per heavy atom. The highest BCUT2D eigenvalue weighted by molar-refractivity contribution is 6.07. The van der Waals surface area contributed by atoms with Crippen LogP contribution >= 0.6 is 0 Å². The largest absolute Gasteiger partial charge is 0.454 e. The lowest BCUT2D eigenvalue weighted by atomic mass is 9.91. The highest BCUT2D eigenvalue weighted by Gasteiger charge is 2.49. The Morgan fingerprint density at radius 1 is 1.07 bits per heavy atom. The van der Waals surface area contributed by atoms with Crippen molar-refractivity contribution in [1.82, 2.24) is 15.4 Å². The van der Waals surface area contributed by atoms with Crippen molar-refractivity contribution in [2.75, 3.05) is 6.79 Å². The number of carbonyl (C=O) groups excluding carboxylic acids is 2. The second-order valence-corrected chi connectivity index (χ2v) is 7.06. The molecule has 2 aliphatic rings. The summed E-state index contributed by atoms with van der Waals surface area (Å²) in [4.78, 5) is 26.8. The summed E-state index contributed by atoms with van der Waals surface area (Å²) in [5, 5.41) is 6.79. The van der Waals surface area contributed by atoms with Crippen LogP contribution < -0.4 is 14.8 Å². The maximum Gasteiger partial charge on any atom is 0.325 e. The molecule has 1 aromatic heterocycles. The predicted octanol–water partition coefficient (Wildman–Crippen LogP) is 3.04. The van der Waals surface area contributed by atoms with Crippen LogP contribution in [0.1, 0.15) is 18.2 Å². The molecule has 0 spiro atoms. The van der Waals surface area contributed by atoms with Crippen molar-refractivity contribution < 1.29 is 23.6 Å². The van der Waals surface area contributed by atoms with E-state index in [2.05, 4.69) is 10.5 Å². The van der Waals surface area contributed by atoms with Gasteiger partial charge in [0.1, 0.15) is 11.2 Å². The van der Waals surface area contributed by atoms with Crippen LogP contribution in [-0.4, -0.2) is 28.8 Å². The van der Waals surface area contributed by atoms with E-state index < -0.39 is 11.6 Å². The number of urea groups is 1. The van der Waals surface area contributed by atoms with E-state index in [0.29, 0.717) is 28.5 Å². The Bertz CT molecular complexity index is 1110. The third-order valence-corrected chi connectivity index (χ3v) is 5.16. The molecule has 3 amide bonds. The number of nitrogens with one attached hydrogen (secondary N) is 1. The number of benzene rings is 2. The quantitative estimate of drug-likeness (QED) is 0.687. The normalized spacial score (nSPS) is 20.2. The standard InChI is InChI=1S/C21H17N3O5/c1-21(14-7-8-16-18(9-14)28-12-27-16)19(25)24(20(26)22-21)11-15-10-17(29-23-15)13-5-3-2-4-6-13/h2-10H,11-12H2,1H3,(H,22,26)/t21-/m0/s1. The fourth-order valence-corrected chi connectivity index (χ4v) is 3.53. The van der Waals surface area contributed by atoms with Crippen molar-refractivity contribution in [1.29, 1.82) is 0 Å². The van der Waals surface area contributed by atoms with E-state index in [1.807, 2.05) is 30.3 Å². The molecule has 1 saturated heterocycles. The molecule has 3 aromatic rings. The van der Waals surface area contributed by atoms with E-state index in [1.54, 1.807) is 31.2 Å². The molecule has 29 heavy (non-hydrogen) atoms. The first-order valence-corrected chi connectivity index (χ1v) is 9.10. The van der Waals surface area contributed by atoms with Crippen LogP contribution in [0.15, 0.2) is 59.1 Å². The number of nitrogens with zero attached hydrogens (tertiary/aromatic N) is 2. The minimum absolute atomic E-state index is 0.0150. The fraction of sp³-hybridized carbons (Fsp3) is 0.190. The van der Waals surface area contributed by atoms with E-state index in [-0.39, 0.29) is 19.2 Å². The molecule has 0 saturated carbocycles. The van der Waals surface area contributed by atoms with Gasteiger partial charge in [-0.15, -0.1) is 0 Å². The molecule has 2 aliphatic heterocycles. The monoisotopic (exact) mass is 391 g/mol. The summed E-state index contributed by atoms with van der Waals surface area (Å²) < 4.78 is 16.1. The van der Waals surface area contributed by atoms with Gasteiger partial charge in [0, 0.05) is 11.6 Å². The third kappa shape index (κ3) is 2.80. The van der Waals surface area contributed by atoms with Gasteiger partial charge in [0.2, 0.25) is 6.79 Å². The maximum atomic E-state index is 13.1. The number of aromatic nitrogens is 1. The third-order valence-electron chi connectivity index (χ3n) is 5.16. The molecule has 0 unspecified atom stereocenters. The molecule has 8 heteroatoms. The SMILES string of the molecule is C[C@@]1(c2ccc3c(c2)OCO3)NC(=O)N(Cc2cc(-c3ccccc3)on2)C1=O. The average molecular weight is 391 g/mol. The van der Waals surface area contributed by atoms with Crippen molar-refractivity contribution >= 4 is 11.9 Å². The van der Waals surface area contributed by atoms with Crippen LogP contribution in [0.25, 0.3) is 11.3 Å². The summed E-state index contributed by atoms with van der Waals surface area (Å²) in [5.41, 5.74) is 0.771. The molecule has 0 radical (unpaired) electrons. The molecule has 2 aromatic carbocycles. The van der Waals surface area contributed by atoms with Gasteiger partial charge in [-0.25, -0.2) is 4.79 Å². The molecule has 5 rings (SSSR count). The van der Waals surface area contributed by atoms with E-state index >= 15 is 0 Å². The lowest BCUT2D eigenvalue weighted by Crippen LogP contribution is -2.40. The molecule has 146 valence electrons. The number of ether oxygens (including phenoxy) is 2. The van der Waals surface area contributed by atoms with Gasteiger partial charge in [0.25, 0.3) is 5.91 Å². The number of imide groups is 1. The van der Waals surface area contributed by atoms with Crippen LogP contribution in [0.2, 0.25) is 0 Å². The van der Waals surface area contributed by atoms with E-state index in [4.69, 9.17) is 14.0 Å². The van der Waals surface area contributed by atoms with Gasteiger partial charge in [-0.1, -0.05) is 41.6 Å². The number of fused-ring (bicyclic) bond motifs is 1. The molecule has 8 nitrogen and oxygen atoms in total. The molecular weight excluding hydrogens is 374 g/mol. The summed E-state index contributed by atoms with van der Waals surface area (Å²) in [6.45, 7) is 1.82. The topological polar surface area (TPSA) is 93.9 Å². The summed E-state index contributed by atoms with van der Waals surface area (Å²) in [5.74, 6) is 1.37. The highest BCUT2D eigenvalue weighted by Crippen LogP contribution is 2.38. The Hall–Kier alpha value is -3.81. The number of rotatable bonds is 4. The molecule has 1 fully saturated rings. The smallest absolute Gasteiger partial charge is 0.325 e. The van der Waals surface area contributed by atoms with Crippen molar-refractivity contribution in [2.45, 2.75) is 19.0 Å².